The number of amides is 1. The van der Waals surface area contributed by atoms with Crippen molar-refractivity contribution >= 4 is 39.9 Å². The highest BCUT2D eigenvalue weighted by Crippen LogP contribution is 2.40. The zero-order chi connectivity index (χ0) is 23.7. The molecule has 0 saturated carbocycles. The molecule has 0 bridgehead atoms. The van der Waals surface area contributed by atoms with E-state index < -0.39 is 5.97 Å². The van der Waals surface area contributed by atoms with Crippen LogP contribution in [-0.4, -0.2) is 32.1 Å². The Morgan fingerprint density at radius 2 is 1.65 bits per heavy atom. The fourth-order valence-electron chi connectivity index (χ4n) is 4.46. The van der Waals surface area contributed by atoms with Crippen LogP contribution in [0, 0.1) is 0 Å². The third-order valence-electron chi connectivity index (χ3n) is 5.95. The molecule has 5 aromatic rings. The Bertz CT molecular complexity index is 1520. The molecule has 3 N–H and O–H groups in total. The molecule has 0 aliphatic carbocycles. The largest absolute Gasteiger partial charge is 0.506 e. The number of carboxylic acids is 1. The summed E-state index contributed by atoms with van der Waals surface area (Å²) < 4.78 is 2.01. The fourth-order valence-corrected chi connectivity index (χ4v) is 4.46. The maximum Gasteiger partial charge on any atom is 0.307 e. The van der Waals surface area contributed by atoms with E-state index in [1.165, 1.54) is 6.20 Å². The molecule has 0 unspecified atom stereocenters. The second kappa shape index (κ2) is 8.71. The van der Waals surface area contributed by atoms with Gasteiger partial charge in [-0.25, -0.2) is 0 Å². The van der Waals surface area contributed by atoms with Crippen molar-refractivity contribution in [1.82, 2.24) is 9.55 Å². The van der Waals surface area contributed by atoms with E-state index in [0.29, 0.717) is 40.5 Å². The average molecular weight is 451 g/mol. The Morgan fingerprint density at radius 1 is 0.912 bits per heavy atom. The molecule has 3 aromatic carbocycles. The van der Waals surface area contributed by atoms with Crippen LogP contribution in [0.2, 0.25) is 0 Å². The SMILES string of the molecule is O=CNc1c(CC(=O)O)ccc2c1c1c(O)cncc1n2Cc1ccc(-c2ccccc2)cc1. The molecule has 34 heavy (non-hydrogen) atoms. The standard InChI is InChI=1S/C27H21N3O4/c31-16-29-27-20(12-24(33)34)10-11-21-26(27)25-22(13-28-14-23(25)32)30(21)15-17-6-8-19(9-7-17)18-4-2-1-3-5-18/h1-11,13-14,16,32H,12,15H2,(H,29,31)(H,33,34). The maximum absolute atomic E-state index is 11.4. The van der Waals surface area contributed by atoms with Crippen molar-refractivity contribution in [3.63, 3.8) is 0 Å². The van der Waals surface area contributed by atoms with E-state index in [2.05, 4.69) is 46.7 Å². The minimum Gasteiger partial charge on any atom is -0.506 e. The van der Waals surface area contributed by atoms with E-state index in [1.54, 1.807) is 12.3 Å². The monoisotopic (exact) mass is 451 g/mol. The number of carbonyl (C=O) groups is 2. The normalized spacial score (nSPS) is 11.1. The van der Waals surface area contributed by atoms with Crippen LogP contribution < -0.4 is 5.32 Å². The fraction of sp³-hybridized carbons (Fsp3) is 0.0741. The average Bonchev–Trinajstić information content (AvgIpc) is 3.16. The highest BCUT2D eigenvalue weighted by atomic mass is 16.4. The molecule has 7 heteroatoms. The van der Waals surface area contributed by atoms with Gasteiger partial charge in [0.1, 0.15) is 5.75 Å². The highest BCUT2D eigenvalue weighted by molar-refractivity contribution is 6.18. The van der Waals surface area contributed by atoms with Gasteiger partial charge in [-0.3, -0.25) is 14.6 Å². The first-order chi connectivity index (χ1) is 16.6. The van der Waals surface area contributed by atoms with Gasteiger partial charge in [0.05, 0.1) is 40.9 Å². The minimum atomic E-state index is -1.01. The Kier molecular flexibility index (Phi) is 5.43. The lowest BCUT2D eigenvalue weighted by Crippen LogP contribution is -2.06. The van der Waals surface area contributed by atoms with Gasteiger partial charge in [0.25, 0.3) is 0 Å². The highest BCUT2D eigenvalue weighted by Gasteiger charge is 2.20. The molecular weight excluding hydrogens is 430 g/mol. The summed E-state index contributed by atoms with van der Waals surface area (Å²) in [7, 11) is 0. The number of pyridine rings is 1. The Balaban J connectivity index is 1.66. The second-order valence-electron chi connectivity index (χ2n) is 8.03. The van der Waals surface area contributed by atoms with Crippen molar-refractivity contribution in [2.24, 2.45) is 0 Å². The van der Waals surface area contributed by atoms with Crippen LogP contribution >= 0.6 is 0 Å². The van der Waals surface area contributed by atoms with Crippen LogP contribution in [0.3, 0.4) is 0 Å². The van der Waals surface area contributed by atoms with Gasteiger partial charge in [0.2, 0.25) is 6.41 Å². The summed E-state index contributed by atoms with van der Waals surface area (Å²) in [6.07, 6.45) is 3.26. The quantitative estimate of drug-likeness (QED) is 0.308. The van der Waals surface area contributed by atoms with Gasteiger partial charge in [-0.15, -0.1) is 0 Å². The van der Waals surface area contributed by atoms with Gasteiger partial charge >= 0.3 is 5.97 Å². The number of aromatic hydroxyl groups is 1. The number of hydrogen-bond donors (Lipinski definition) is 3. The van der Waals surface area contributed by atoms with E-state index in [0.717, 1.165) is 22.2 Å². The zero-order valence-electron chi connectivity index (χ0n) is 18.1. The number of anilines is 1. The summed E-state index contributed by atoms with van der Waals surface area (Å²) in [6.45, 7) is 0.499. The molecule has 0 aliphatic heterocycles. The first kappa shape index (κ1) is 21.2. The van der Waals surface area contributed by atoms with Crippen LogP contribution in [0.1, 0.15) is 11.1 Å². The molecule has 0 radical (unpaired) electrons. The number of nitrogens with zero attached hydrogens (tertiary/aromatic N) is 2. The first-order valence-corrected chi connectivity index (χ1v) is 10.7. The Morgan fingerprint density at radius 3 is 2.35 bits per heavy atom. The molecule has 0 saturated heterocycles. The van der Waals surface area contributed by atoms with Crippen molar-refractivity contribution in [2.75, 3.05) is 5.32 Å². The minimum absolute atomic E-state index is 0.0397. The van der Waals surface area contributed by atoms with Gasteiger partial charge < -0.3 is 20.1 Å². The number of nitrogens with one attached hydrogen (secondary N) is 1. The lowest BCUT2D eigenvalue weighted by molar-refractivity contribution is -0.136. The third kappa shape index (κ3) is 3.73. The molecule has 0 atom stereocenters. The van der Waals surface area contributed by atoms with Crippen LogP contribution in [0.4, 0.5) is 5.69 Å². The number of benzene rings is 3. The molecular formula is C27H21N3O4. The van der Waals surface area contributed by atoms with Crippen LogP contribution in [0.5, 0.6) is 5.75 Å². The number of rotatable bonds is 7. The van der Waals surface area contributed by atoms with Crippen molar-refractivity contribution in [2.45, 2.75) is 13.0 Å². The molecule has 168 valence electrons. The van der Waals surface area contributed by atoms with Crippen molar-refractivity contribution in [3.8, 4) is 16.9 Å². The van der Waals surface area contributed by atoms with Gasteiger partial charge in [0, 0.05) is 11.9 Å². The maximum atomic E-state index is 11.4. The van der Waals surface area contributed by atoms with E-state index in [4.69, 9.17) is 0 Å². The molecule has 0 spiro atoms. The second-order valence-corrected chi connectivity index (χ2v) is 8.03. The summed E-state index contributed by atoms with van der Waals surface area (Å²) in [5.41, 5.74) is 5.56. The summed E-state index contributed by atoms with van der Waals surface area (Å²) in [5, 5.41) is 23.8. The van der Waals surface area contributed by atoms with E-state index >= 15 is 0 Å². The van der Waals surface area contributed by atoms with Gasteiger partial charge in [-0.05, 0) is 28.3 Å². The summed E-state index contributed by atoms with van der Waals surface area (Å²) in [5.74, 6) is -1.05. The van der Waals surface area contributed by atoms with Gasteiger partial charge in [-0.2, -0.15) is 0 Å². The molecule has 7 nitrogen and oxygen atoms in total. The van der Waals surface area contributed by atoms with Crippen LogP contribution in [0.15, 0.2) is 79.1 Å². The lowest BCUT2D eigenvalue weighted by Gasteiger charge is -2.11. The van der Waals surface area contributed by atoms with E-state index in [-0.39, 0.29) is 12.2 Å². The molecule has 0 fully saturated rings. The molecule has 2 aromatic heterocycles. The summed E-state index contributed by atoms with van der Waals surface area (Å²) in [4.78, 5) is 26.9. The molecule has 5 rings (SSSR count). The Hall–Kier alpha value is -4.65. The molecule has 1 amide bonds. The van der Waals surface area contributed by atoms with E-state index in [9.17, 15) is 19.8 Å². The lowest BCUT2D eigenvalue weighted by atomic mass is 10.0. The molecule has 2 heterocycles. The smallest absolute Gasteiger partial charge is 0.307 e. The van der Waals surface area contributed by atoms with Gasteiger partial charge in [-0.1, -0.05) is 60.7 Å². The summed E-state index contributed by atoms with van der Waals surface area (Å²) in [6, 6.07) is 21.9. The Labute approximate surface area is 194 Å². The van der Waals surface area contributed by atoms with Crippen molar-refractivity contribution in [3.05, 3.63) is 90.3 Å². The number of carbonyl (C=O) groups excluding carboxylic acids is 1. The number of fused-ring (bicyclic) bond motifs is 3. The van der Waals surface area contributed by atoms with Crippen LogP contribution in [0.25, 0.3) is 32.9 Å². The number of aliphatic carboxylic acids is 1. The van der Waals surface area contributed by atoms with Crippen molar-refractivity contribution in [1.29, 1.82) is 0 Å². The van der Waals surface area contributed by atoms with Crippen molar-refractivity contribution < 1.29 is 19.8 Å². The van der Waals surface area contributed by atoms with E-state index in [1.807, 2.05) is 28.8 Å². The molecule has 0 aliphatic rings. The van der Waals surface area contributed by atoms with Gasteiger partial charge in [0.15, 0.2) is 0 Å². The predicted octanol–water partition coefficient (Wildman–Crippen LogP) is 4.81. The topological polar surface area (TPSA) is 104 Å². The predicted molar refractivity (Wildman–Crippen MR) is 131 cm³/mol. The summed E-state index contributed by atoms with van der Waals surface area (Å²) >= 11 is 0. The van der Waals surface area contributed by atoms with Crippen LogP contribution in [-0.2, 0) is 22.6 Å². The first-order valence-electron chi connectivity index (χ1n) is 10.7. The number of aromatic nitrogens is 2. The number of hydrogen-bond acceptors (Lipinski definition) is 4. The zero-order valence-corrected chi connectivity index (χ0v) is 18.1. The number of carboxylic acid groups (broad SMARTS) is 1. The third-order valence-corrected chi connectivity index (χ3v) is 5.95.